The van der Waals surface area contributed by atoms with Crippen LogP contribution in [-0.4, -0.2) is 9.97 Å². The van der Waals surface area contributed by atoms with Crippen LogP contribution in [0.4, 0.5) is 0 Å². The molecule has 6 aromatic heterocycles. The Morgan fingerprint density at radius 2 is 0.385 bits per heavy atom. The Kier molecular flexibility index (Phi) is 12.5. The maximum absolute atomic E-state index is 6.95. The van der Waals surface area contributed by atoms with Crippen molar-refractivity contribution < 1.29 is 38.7 Å². The molecule has 0 saturated heterocycles. The quantitative estimate of drug-likeness (QED) is 0.172. The minimum absolute atomic E-state index is 0. The molecular weight excluding hydrogens is 1520 g/mol. The predicted molar refractivity (Wildman–Crippen MR) is 444 cm³/mol. The second-order valence-corrected chi connectivity index (χ2v) is 29.0. The fraction of sp³-hybridized carbons (Fsp3) is 0. The van der Waals surface area contributed by atoms with Gasteiger partial charge in [0.15, 0.2) is 0 Å². The van der Waals surface area contributed by atoms with E-state index >= 15 is 0 Å². The van der Waals surface area contributed by atoms with Crippen molar-refractivity contribution in [2.24, 2.45) is 0 Å². The van der Waals surface area contributed by atoms with Gasteiger partial charge in [-0.1, -0.05) is 194 Å². The zero-order valence-electron chi connectivity index (χ0n) is 57.8. The SMILES string of the molecule is [Pt+2].c1ccc2cc3c(cc2c1)-c1nc-3c(-c2ccc3c(c2)oc2ccccc23)c2[n-]c(c(-c3ccc4c(c3)oc3ccccc34)c3nc(c(-c4ccc5c(c4)oc4ccccc45)c4[n-]c(c1-c1ccc5c(c1)oc1ccccc15)c1cc5ccccc5cc41)-c1cc4ccccc4cc1-3)c1cc3ccccc3cc21. The molecule has 9 heteroatoms. The van der Waals surface area contributed by atoms with Crippen LogP contribution in [0, 0.1) is 0 Å². The minimum atomic E-state index is 0. The topological polar surface area (TPSA) is 107 Å². The smallest absolute Gasteiger partial charge is 0.656 e. The summed E-state index contributed by atoms with van der Waals surface area (Å²) in [6.45, 7) is 0. The van der Waals surface area contributed by atoms with Crippen LogP contribution in [0.25, 0.3) is 264 Å². The van der Waals surface area contributed by atoms with E-state index in [-0.39, 0.29) is 21.1 Å². The maximum Gasteiger partial charge on any atom is 2.00 e. The predicted octanol–water partition coefficient (Wildman–Crippen LogP) is 27.4. The van der Waals surface area contributed by atoms with E-state index in [1.807, 2.05) is 48.5 Å². The van der Waals surface area contributed by atoms with Gasteiger partial charge in [0.05, 0.1) is 22.8 Å². The Labute approximate surface area is 633 Å². The first-order valence-corrected chi connectivity index (χ1v) is 36.6. The molecule has 2 aliphatic heterocycles. The minimum Gasteiger partial charge on any atom is -0.656 e. The standard InChI is InChI=1S/C100H52N4O4.Pt/c1-2-18-54-42-74-73(41-53(54)17-1)93-89(61-33-37-69-65-25-9-13-29-81(65)105-85(69)49-61)95-75-43-55-19-3-4-20-56(55)44-76(75)97(102-95)91(63-35-39-71-67-27-11-15-31-83(67)107-87(71)51-63)99-79-47-59-23-7-8-24-60(59)48-80(79)100(104-99)92(64-36-40-72-68-28-12-16-32-84(68)108-88(72)52-64)98-78-46-58-22-6-5-21-57(58)45-77(78)96(103-98)90(94(74)101-93)62-34-38-70-66-26-10-14-30-82(66)106-86(70)50-62;/h1-52H;/q-2;+2. The van der Waals surface area contributed by atoms with Crippen molar-refractivity contribution >= 4 is 174 Å². The van der Waals surface area contributed by atoms with Gasteiger partial charge in [0.1, 0.15) is 44.7 Å². The molecule has 16 aromatic carbocycles. The van der Waals surface area contributed by atoms with Gasteiger partial charge in [0.25, 0.3) is 0 Å². The fourth-order valence-corrected chi connectivity index (χ4v) is 18.1. The monoisotopic (exact) mass is 1570 g/mol. The molecule has 0 saturated carbocycles. The number of para-hydroxylation sites is 4. The summed E-state index contributed by atoms with van der Waals surface area (Å²) < 4.78 is 27.8. The zero-order valence-corrected chi connectivity index (χ0v) is 60.0. The normalized spacial score (nSPS) is 12.3. The van der Waals surface area contributed by atoms with Crippen LogP contribution in [0.2, 0.25) is 0 Å². The van der Waals surface area contributed by atoms with Crippen molar-refractivity contribution in [1.82, 2.24) is 19.9 Å². The summed E-state index contributed by atoms with van der Waals surface area (Å²) in [7, 11) is 0. The first kappa shape index (κ1) is 60.4. The second-order valence-electron chi connectivity index (χ2n) is 29.0. The molecule has 22 aromatic rings. The molecule has 0 fully saturated rings. The number of furan rings is 4. The molecule has 506 valence electrons. The Morgan fingerprint density at radius 3 is 0.624 bits per heavy atom. The Hall–Kier alpha value is -13.9. The van der Waals surface area contributed by atoms with E-state index in [1.54, 1.807) is 0 Å². The molecule has 8 bridgehead atoms. The van der Waals surface area contributed by atoms with Gasteiger partial charge < -0.3 is 27.6 Å². The van der Waals surface area contributed by atoms with Gasteiger partial charge >= 0.3 is 21.1 Å². The van der Waals surface area contributed by atoms with Gasteiger partial charge in [-0.2, -0.15) is 0 Å². The third kappa shape index (κ3) is 8.74. The van der Waals surface area contributed by atoms with Gasteiger partial charge in [-0.15, -0.1) is 22.1 Å². The molecule has 1 aliphatic carbocycles. The number of hydrogen-bond donors (Lipinski definition) is 0. The Bertz CT molecular complexity index is 7270. The molecule has 8 heterocycles. The zero-order chi connectivity index (χ0) is 70.1. The van der Waals surface area contributed by atoms with Gasteiger partial charge in [0, 0.05) is 65.3 Å². The summed E-state index contributed by atoms with van der Waals surface area (Å²) in [6.07, 6.45) is 0. The third-order valence-corrected chi connectivity index (χ3v) is 23.0. The van der Waals surface area contributed by atoms with Gasteiger partial charge in [0.2, 0.25) is 0 Å². The van der Waals surface area contributed by atoms with Crippen molar-refractivity contribution in [2.45, 2.75) is 0 Å². The van der Waals surface area contributed by atoms with E-state index in [0.717, 1.165) is 264 Å². The number of benzene rings is 16. The number of hydrogen-bond acceptors (Lipinski definition) is 6. The van der Waals surface area contributed by atoms with Crippen LogP contribution in [0.3, 0.4) is 0 Å². The fourth-order valence-electron chi connectivity index (χ4n) is 18.1. The Morgan fingerprint density at radius 1 is 0.183 bits per heavy atom. The van der Waals surface area contributed by atoms with Gasteiger partial charge in [-0.25, -0.2) is 9.97 Å². The summed E-state index contributed by atoms with van der Waals surface area (Å²) in [5.74, 6) is 0. The summed E-state index contributed by atoms with van der Waals surface area (Å²) in [5.41, 5.74) is 22.9. The van der Waals surface area contributed by atoms with E-state index in [0.29, 0.717) is 0 Å². The molecule has 8 nitrogen and oxygen atoms in total. The molecule has 25 rings (SSSR count). The molecule has 0 radical (unpaired) electrons. The van der Waals surface area contributed by atoms with Gasteiger partial charge in [-0.05, 0) is 230 Å². The number of aromatic nitrogens is 4. The van der Waals surface area contributed by atoms with E-state index in [4.69, 9.17) is 37.6 Å². The molecule has 0 N–H and O–H groups in total. The van der Waals surface area contributed by atoms with Crippen molar-refractivity contribution in [3.63, 3.8) is 0 Å². The largest absolute Gasteiger partial charge is 2.00 e. The maximum atomic E-state index is 6.95. The summed E-state index contributed by atoms with van der Waals surface area (Å²) in [6, 6.07) is 113. The van der Waals surface area contributed by atoms with E-state index in [2.05, 4.69) is 267 Å². The first-order valence-electron chi connectivity index (χ1n) is 36.6. The molecule has 0 unspecified atom stereocenters. The summed E-state index contributed by atoms with van der Waals surface area (Å²) >= 11 is 0. The van der Waals surface area contributed by atoms with Crippen molar-refractivity contribution in [2.75, 3.05) is 0 Å². The molecule has 0 amide bonds. The molecular formula is C100H52N4O4Pt. The average Bonchev–Trinajstić information content (AvgIpc) is 1.55. The van der Waals surface area contributed by atoms with Crippen LogP contribution in [-0.2, 0) is 21.1 Å². The van der Waals surface area contributed by atoms with Crippen LogP contribution >= 0.6 is 0 Å². The second kappa shape index (κ2) is 22.6. The number of rotatable bonds is 4. The van der Waals surface area contributed by atoms with E-state index in [1.165, 1.54) is 0 Å². The number of fused-ring (bicyclic) bond motifs is 16. The van der Waals surface area contributed by atoms with Crippen LogP contribution in [0.5, 0.6) is 0 Å². The van der Waals surface area contributed by atoms with Gasteiger partial charge in [-0.3, -0.25) is 0 Å². The molecule has 0 spiro atoms. The summed E-state index contributed by atoms with van der Waals surface area (Å²) in [5, 5.41) is 20.6. The third-order valence-electron chi connectivity index (χ3n) is 23.0. The van der Waals surface area contributed by atoms with Crippen molar-refractivity contribution in [1.29, 1.82) is 0 Å². The van der Waals surface area contributed by atoms with E-state index < -0.39 is 0 Å². The Balaban J connectivity index is 0.00000697. The summed E-state index contributed by atoms with van der Waals surface area (Å²) in [4.78, 5) is 25.6. The van der Waals surface area contributed by atoms with Crippen LogP contribution in [0.15, 0.2) is 333 Å². The number of nitrogens with zero attached hydrogens (tertiary/aromatic N) is 4. The molecule has 0 atom stereocenters. The average molecular weight is 1570 g/mol. The molecule has 3 aliphatic rings. The van der Waals surface area contributed by atoms with E-state index in [9.17, 15) is 0 Å². The van der Waals surface area contributed by atoms with Crippen molar-refractivity contribution in [3.05, 3.63) is 315 Å². The van der Waals surface area contributed by atoms with Crippen molar-refractivity contribution in [3.8, 4) is 89.5 Å². The first-order chi connectivity index (χ1) is 53.5. The van der Waals surface area contributed by atoms with Crippen LogP contribution < -0.4 is 9.97 Å². The molecule has 109 heavy (non-hydrogen) atoms. The van der Waals surface area contributed by atoms with Crippen LogP contribution in [0.1, 0.15) is 0 Å².